The van der Waals surface area contributed by atoms with Crippen LogP contribution in [0.2, 0.25) is 0 Å². The van der Waals surface area contributed by atoms with Crippen LogP contribution in [-0.2, 0) is 19.1 Å². The molecule has 6 atom stereocenters. The normalized spacial score (nSPS) is 38.6. The van der Waals surface area contributed by atoms with Gasteiger partial charge in [-0.1, -0.05) is 44.2 Å². The van der Waals surface area contributed by atoms with E-state index in [4.69, 9.17) is 4.74 Å². The van der Waals surface area contributed by atoms with Crippen molar-refractivity contribution in [1.82, 2.24) is 0 Å². The molecule has 0 heterocycles. The molecule has 1 fully saturated rings. The van der Waals surface area contributed by atoms with Crippen molar-refractivity contribution in [2.75, 3.05) is 0 Å². The van der Waals surface area contributed by atoms with Gasteiger partial charge in [0.25, 0.3) is 0 Å². The van der Waals surface area contributed by atoms with E-state index in [1.807, 2.05) is 39.0 Å². The van der Waals surface area contributed by atoms with Crippen molar-refractivity contribution in [2.45, 2.75) is 53.6 Å². The van der Waals surface area contributed by atoms with Gasteiger partial charge in [-0.05, 0) is 31.8 Å². The summed E-state index contributed by atoms with van der Waals surface area (Å²) in [6.45, 7) is 13.0. The van der Waals surface area contributed by atoms with Gasteiger partial charge in [0.15, 0.2) is 5.78 Å². The minimum absolute atomic E-state index is 0.0459. The fourth-order valence-electron chi connectivity index (χ4n) is 4.09. The van der Waals surface area contributed by atoms with Crippen LogP contribution in [-0.4, -0.2) is 23.6 Å². The largest absolute Gasteiger partial charge is 0.462 e. The first-order valence-corrected chi connectivity index (χ1v) is 9.38. The van der Waals surface area contributed by atoms with E-state index in [9.17, 15) is 14.4 Å². The van der Waals surface area contributed by atoms with E-state index in [1.54, 1.807) is 6.92 Å². The summed E-state index contributed by atoms with van der Waals surface area (Å²) in [5.74, 6) is -0.871. The summed E-state index contributed by atoms with van der Waals surface area (Å²) in [5.41, 5.74) is 1.54. The average Bonchev–Trinajstić information content (AvgIpc) is 2.84. The van der Waals surface area contributed by atoms with Gasteiger partial charge in [-0.2, -0.15) is 0 Å². The molecule has 0 aromatic rings. The smallest absolute Gasteiger partial charge is 0.302 e. The average molecular weight is 358 g/mol. The Kier molecular flexibility index (Phi) is 6.38. The lowest BCUT2D eigenvalue weighted by Gasteiger charge is -2.24. The maximum atomic E-state index is 13.1. The summed E-state index contributed by atoms with van der Waals surface area (Å²) in [5, 5.41) is 0. The fourth-order valence-corrected chi connectivity index (χ4v) is 4.09. The second kappa shape index (κ2) is 8.15. The second-order valence-electron chi connectivity index (χ2n) is 7.98. The van der Waals surface area contributed by atoms with E-state index in [0.717, 1.165) is 5.57 Å². The third-order valence-corrected chi connectivity index (χ3v) is 5.70. The highest BCUT2D eigenvalue weighted by Gasteiger charge is 2.46. The zero-order valence-corrected chi connectivity index (χ0v) is 16.5. The van der Waals surface area contributed by atoms with Gasteiger partial charge < -0.3 is 4.74 Å². The molecule has 2 aliphatic carbocycles. The number of hydrogen-bond donors (Lipinski definition) is 0. The number of fused-ring (bicyclic) bond motifs is 1. The maximum Gasteiger partial charge on any atom is 0.302 e. The Morgan fingerprint density at radius 1 is 1.19 bits per heavy atom. The standard InChI is InChI=1S/C22H30O4/c1-12(2)17-8-7-13(3)21(25)18-10-15(5)22(26-16(6)23)19(18)9-14(4)20(24)11-17/h7-9,13,15,17-19,22H,1,10-11H2,2-6H3/b8-7+,14-9-/t13-,15-,17-,18+,19+,22-/m1/s1. The van der Waals surface area contributed by atoms with Crippen molar-refractivity contribution in [3.05, 3.63) is 36.0 Å². The highest BCUT2D eigenvalue weighted by atomic mass is 16.5. The zero-order valence-electron chi connectivity index (χ0n) is 16.5. The van der Waals surface area contributed by atoms with Crippen LogP contribution in [0.3, 0.4) is 0 Å². The van der Waals surface area contributed by atoms with Gasteiger partial charge in [0, 0.05) is 37.0 Å². The summed E-state index contributed by atoms with van der Waals surface area (Å²) in [6.07, 6.45) is 6.37. The van der Waals surface area contributed by atoms with Crippen molar-refractivity contribution in [3.63, 3.8) is 0 Å². The lowest BCUT2D eigenvalue weighted by molar-refractivity contribution is -0.150. The number of ether oxygens (including phenoxy) is 1. The van der Waals surface area contributed by atoms with Crippen LogP contribution in [0.25, 0.3) is 0 Å². The molecule has 0 spiro atoms. The molecule has 0 saturated heterocycles. The number of carbonyl (C=O) groups excluding carboxylic acids is 3. The van der Waals surface area contributed by atoms with Gasteiger partial charge >= 0.3 is 5.97 Å². The number of ketones is 2. The van der Waals surface area contributed by atoms with E-state index in [1.165, 1.54) is 6.92 Å². The van der Waals surface area contributed by atoms with Gasteiger partial charge in [0.1, 0.15) is 11.9 Å². The molecule has 4 nitrogen and oxygen atoms in total. The van der Waals surface area contributed by atoms with Gasteiger partial charge in [-0.25, -0.2) is 0 Å². The van der Waals surface area contributed by atoms with E-state index < -0.39 is 0 Å². The van der Waals surface area contributed by atoms with Crippen LogP contribution < -0.4 is 0 Å². The highest BCUT2D eigenvalue weighted by molar-refractivity contribution is 5.95. The molecule has 0 radical (unpaired) electrons. The number of rotatable bonds is 2. The molecule has 0 aliphatic heterocycles. The summed E-state index contributed by atoms with van der Waals surface area (Å²) < 4.78 is 5.54. The van der Waals surface area contributed by atoms with E-state index in [0.29, 0.717) is 18.4 Å². The molecule has 26 heavy (non-hydrogen) atoms. The van der Waals surface area contributed by atoms with Crippen LogP contribution in [0, 0.1) is 29.6 Å². The zero-order chi connectivity index (χ0) is 19.6. The third-order valence-electron chi connectivity index (χ3n) is 5.70. The predicted molar refractivity (Wildman–Crippen MR) is 101 cm³/mol. The number of carbonyl (C=O) groups is 3. The molecule has 142 valence electrons. The second-order valence-corrected chi connectivity index (χ2v) is 7.98. The Morgan fingerprint density at radius 3 is 2.42 bits per heavy atom. The maximum absolute atomic E-state index is 13.1. The molecule has 0 unspecified atom stereocenters. The van der Waals surface area contributed by atoms with Crippen LogP contribution in [0.1, 0.15) is 47.5 Å². The SMILES string of the molecule is C=C(C)[C@@H]1/C=C/[C@@H](C)C(=O)[C@H]2C[C@@H](C)[C@@H](OC(C)=O)[C@H]2/C=C(/C)C(=O)C1. The van der Waals surface area contributed by atoms with Crippen molar-refractivity contribution >= 4 is 17.5 Å². The quantitative estimate of drug-likeness (QED) is 0.552. The summed E-state index contributed by atoms with van der Waals surface area (Å²) >= 11 is 0. The lowest BCUT2D eigenvalue weighted by atomic mass is 9.84. The van der Waals surface area contributed by atoms with Gasteiger partial charge in [-0.15, -0.1) is 0 Å². The van der Waals surface area contributed by atoms with Crippen molar-refractivity contribution in [2.24, 2.45) is 29.6 Å². The Morgan fingerprint density at radius 2 is 1.85 bits per heavy atom. The molecule has 4 heteroatoms. The van der Waals surface area contributed by atoms with Crippen LogP contribution in [0.4, 0.5) is 0 Å². The summed E-state index contributed by atoms with van der Waals surface area (Å²) in [7, 11) is 0. The molecule has 0 bridgehead atoms. The molecule has 0 aromatic heterocycles. The molecule has 0 aromatic carbocycles. The van der Waals surface area contributed by atoms with E-state index >= 15 is 0 Å². The van der Waals surface area contributed by atoms with Crippen molar-refractivity contribution in [3.8, 4) is 0 Å². The Labute approximate surface area is 156 Å². The number of esters is 1. The predicted octanol–water partition coefficient (Wildman–Crippen LogP) is 4.06. The minimum atomic E-state index is -0.363. The molecular formula is C22H30O4. The molecule has 2 rings (SSSR count). The Hall–Kier alpha value is -1.97. The van der Waals surface area contributed by atoms with Crippen LogP contribution >= 0.6 is 0 Å². The molecule has 1 saturated carbocycles. The molecule has 2 aliphatic rings. The topological polar surface area (TPSA) is 60.4 Å². The van der Waals surface area contributed by atoms with Crippen LogP contribution in [0.15, 0.2) is 36.0 Å². The first kappa shape index (κ1) is 20.3. The van der Waals surface area contributed by atoms with Crippen LogP contribution in [0.5, 0.6) is 0 Å². The van der Waals surface area contributed by atoms with E-state index in [2.05, 4.69) is 6.58 Å². The number of hydrogen-bond acceptors (Lipinski definition) is 4. The van der Waals surface area contributed by atoms with Gasteiger partial charge in [0.05, 0.1) is 0 Å². The van der Waals surface area contributed by atoms with Gasteiger partial charge in [-0.3, -0.25) is 14.4 Å². The molecule has 0 amide bonds. The summed E-state index contributed by atoms with van der Waals surface area (Å²) in [4.78, 5) is 37.3. The highest BCUT2D eigenvalue weighted by Crippen LogP contribution is 2.42. The first-order valence-electron chi connectivity index (χ1n) is 9.38. The number of Topliss-reactive ketones (excluding diaryl/α,β-unsaturated/α-hetero) is 2. The van der Waals surface area contributed by atoms with E-state index in [-0.39, 0.29) is 53.2 Å². The van der Waals surface area contributed by atoms with Gasteiger partial charge in [0.2, 0.25) is 0 Å². The third kappa shape index (κ3) is 4.40. The Bertz CT molecular complexity index is 670. The molecule has 0 N–H and O–H groups in total. The summed E-state index contributed by atoms with van der Waals surface area (Å²) in [6, 6.07) is 0. The molecular weight excluding hydrogens is 328 g/mol. The van der Waals surface area contributed by atoms with Crippen molar-refractivity contribution in [1.29, 1.82) is 0 Å². The fraction of sp³-hybridized carbons (Fsp3) is 0.591. The first-order chi connectivity index (χ1) is 12.1. The van der Waals surface area contributed by atoms with Crippen molar-refractivity contribution < 1.29 is 19.1 Å². The minimum Gasteiger partial charge on any atom is -0.462 e. The number of allylic oxidation sites excluding steroid dienone is 4. The Balaban J connectivity index is 2.47. The lowest BCUT2D eigenvalue weighted by Crippen LogP contribution is -2.30. The monoisotopic (exact) mass is 358 g/mol.